The van der Waals surface area contributed by atoms with Gasteiger partial charge in [-0.2, -0.15) is 0 Å². The third-order valence-corrected chi connectivity index (χ3v) is 4.82. The summed E-state index contributed by atoms with van der Waals surface area (Å²) in [6.07, 6.45) is 7.04. The van der Waals surface area contributed by atoms with Crippen molar-refractivity contribution in [1.82, 2.24) is 5.32 Å². The normalized spacial score (nSPS) is 18.4. The van der Waals surface area contributed by atoms with E-state index in [1.165, 1.54) is 24.0 Å². The molecule has 1 aliphatic heterocycles. The van der Waals surface area contributed by atoms with Crippen LogP contribution >= 0.6 is 11.6 Å². The number of hydrogen-bond acceptors (Lipinski definition) is 1. The number of hydrogen-bond donors (Lipinski definition) is 1. The molecular weight excluding hydrogens is 282 g/mol. The van der Waals surface area contributed by atoms with Crippen LogP contribution in [0.4, 0.5) is 0 Å². The second kappa shape index (κ2) is 4.88. The van der Waals surface area contributed by atoms with Gasteiger partial charge in [-0.25, -0.2) is 0 Å². The van der Waals surface area contributed by atoms with E-state index in [0.717, 1.165) is 39.4 Å². The van der Waals surface area contributed by atoms with Crippen LogP contribution in [0.25, 0.3) is 16.3 Å². The van der Waals surface area contributed by atoms with E-state index in [1.807, 2.05) is 18.2 Å². The number of rotatable bonds is 1. The first kappa shape index (κ1) is 12.9. The zero-order valence-corrected chi connectivity index (χ0v) is 12.5. The number of amides is 1. The smallest absolute Gasteiger partial charge is 0.252 e. The molecule has 2 aromatic carbocycles. The molecule has 0 radical (unpaired) electrons. The standard InChI is InChI=1S/C18H16ClNO/c19-16-7-6-11-8-13(16)17-14(9-11)18(21)20-10-15(17)12-4-2-1-3-5-12/h4,6-9H,1-3,5,10H2,(H,20,21). The van der Waals surface area contributed by atoms with E-state index < -0.39 is 0 Å². The van der Waals surface area contributed by atoms with Crippen LogP contribution in [-0.2, 0) is 0 Å². The van der Waals surface area contributed by atoms with Crippen molar-refractivity contribution in [3.63, 3.8) is 0 Å². The molecule has 0 fully saturated rings. The predicted octanol–water partition coefficient (Wildman–Crippen LogP) is 3.61. The maximum atomic E-state index is 12.2. The minimum Gasteiger partial charge on any atom is -0.348 e. The van der Waals surface area contributed by atoms with Gasteiger partial charge in [0.1, 0.15) is 0 Å². The lowest BCUT2D eigenvalue weighted by molar-refractivity contribution is 0.0955. The molecule has 3 heteroatoms. The van der Waals surface area contributed by atoms with Gasteiger partial charge >= 0.3 is 0 Å². The van der Waals surface area contributed by atoms with Crippen LogP contribution in [0.15, 0.2) is 35.9 Å². The molecule has 4 rings (SSSR count). The molecule has 2 aliphatic rings. The number of fused-ring (bicyclic) bond motifs is 4. The average Bonchev–Trinajstić information content (AvgIpc) is 2.53. The number of nitrogens with one attached hydrogen (secondary N) is 1. The third-order valence-electron chi connectivity index (χ3n) is 4.49. The Morgan fingerprint density at radius 3 is 2.86 bits per heavy atom. The quantitative estimate of drug-likeness (QED) is 0.856. The third kappa shape index (κ3) is 2.06. The molecule has 0 atom stereocenters. The van der Waals surface area contributed by atoms with Crippen molar-refractivity contribution < 1.29 is 4.79 Å². The number of benzene rings is 2. The van der Waals surface area contributed by atoms with Crippen molar-refractivity contribution >= 4 is 33.9 Å². The van der Waals surface area contributed by atoms with Crippen molar-refractivity contribution in [2.24, 2.45) is 0 Å². The number of allylic oxidation sites excluding steroid dienone is 1. The first-order chi connectivity index (χ1) is 10.2. The highest BCUT2D eigenvalue weighted by atomic mass is 35.5. The summed E-state index contributed by atoms with van der Waals surface area (Å²) in [6, 6.07) is 7.93. The summed E-state index contributed by atoms with van der Waals surface area (Å²) in [4.78, 5) is 12.2. The predicted molar refractivity (Wildman–Crippen MR) is 86.5 cm³/mol. The highest BCUT2D eigenvalue weighted by Crippen LogP contribution is 2.28. The van der Waals surface area contributed by atoms with Gasteiger partial charge in [0.2, 0.25) is 0 Å². The summed E-state index contributed by atoms with van der Waals surface area (Å²) in [5.74, 6) is 0.00743. The Bertz CT molecular complexity index is 835. The minimum absolute atomic E-state index is 0.00743. The highest BCUT2D eigenvalue weighted by Gasteiger charge is 2.22. The lowest BCUT2D eigenvalue weighted by Gasteiger charge is -2.23. The molecule has 0 aromatic heterocycles. The fourth-order valence-corrected chi connectivity index (χ4v) is 3.66. The fourth-order valence-electron chi connectivity index (χ4n) is 3.45. The Hall–Kier alpha value is -1.80. The number of carbonyl (C=O) groups excluding carboxylic acids is 1. The molecule has 0 saturated carbocycles. The van der Waals surface area contributed by atoms with Crippen molar-refractivity contribution in [2.75, 3.05) is 6.54 Å². The van der Waals surface area contributed by atoms with Crippen molar-refractivity contribution in [2.45, 2.75) is 25.7 Å². The highest BCUT2D eigenvalue weighted by molar-refractivity contribution is 6.34. The summed E-state index contributed by atoms with van der Waals surface area (Å²) in [5.41, 5.74) is 3.39. The Morgan fingerprint density at radius 2 is 2.05 bits per heavy atom. The number of halogens is 1. The molecule has 0 unspecified atom stereocenters. The summed E-state index contributed by atoms with van der Waals surface area (Å²) in [6.45, 7) is 0.609. The van der Waals surface area contributed by atoms with E-state index in [9.17, 15) is 4.79 Å². The van der Waals surface area contributed by atoms with Gasteiger partial charge in [0.25, 0.3) is 5.91 Å². The first-order valence-corrected chi connectivity index (χ1v) is 7.84. The lowest BCUT2D eigenvalue weighted by Crippen LogP contribution is -2.38. The summed E-state index contributed by atoms with van der Waals surface area (Å²) < 4.78 is 0. The van der Waals surface area contributed by atoms with Gasteiger partial charge in [-0.15, -0.1) is 0 Å². The Labute approximate surface area is 128 Å². The second-order valence-corrected chi connectivity index (χ2v) is 6.22. The summed E-state index contributed by atoms with van der Waals surface area (Å²) in [7, 11) is 0. The summed E-state index contributed by atoms with van der Waals surface area (Å²) >= 11 is 6.39. The van der Waals surface area contributed by atoms with Crippen molar-refractivity contribution in [1.29, 1.82) is 0 Å². The molecule has 2 aromatic rings. The molecule has 1 heterocycles. The van der Waals surface area contributed by atoms with Gasteiger partial charge in [-0.3, -0.25) is 4.79 Å². The molecule has 1 amide bonds. The molecule has 0 spiro atoms. The average molecular weight is 298 g/mol. The SMILES string of the molecule is O=C1NCC(C2=CCCCC2)=c2c1cc1ccc(Cl)c2c1. The van der Waals surface area contributed by atoms with Gasteiger partial charge in [0, 0.05) is 27.7 Å². The van der Waals surface area contributed by atoms with Crippen LogP contribution < -0.4 is 10.5 Å². The minimum atomic E-state index is 0.00743. The molecule has 106 valence electrons. The van der Waals surface area contributed by atoms with Gasteiger partial charge in [-0.05, 0) is 60.4 Å². The molecule has 1 aliphatic carbocycles. The number of carbonyl (C=O) groups is 1. The summed E-state index contributed by atoms with van der Waals surface area (Å²) in [5, 5.41) is 6.83. The van der Waals surface area contributed by atoms with Crippen LogP contribution in [0.3, 0.4) is 0 Å². The fraction of sp³-hybridized carbons (Fsp3) is 0.278. The van der Waals surface area contributed by atoms with Gasteiger partial charge in [0.15, 0.2) is 0 Å². The Morgan fingerprint density at radius 1 is 1.14 bits per heavy atom. The van der Waals surface area contributed by atoms with E-state index in [0.29, 0.717) is 6.54 Å². The van der Waals surface area contributed by atoms with Crippen LogP contribution in [0.2, 0.25) is 5.02 Å². The molecule has 1 N–H and O–H groups in total. The van der Waals surface area contributed by atoms with E-state index in [4.69, 9.17) is 11.6 Å². The van der Waals surface area contributed by atoms with Crippen LogP contribution in [0, 0.1) is 0 Å². The van der Waals surface area contributed by atoms with E-state index >= 15 is 0 Å². The van der Waals surface area contributed by atoms with Crippen molar-refractivity contribution in [3.05, 3.63) is 51.7 Å². The molecule has 21 heavy (non-hydrogen) atoms. The molecule has 0 saturated heterocycles. The van der Waals surface area contributed by atoms with Gasteiger partial charge < -0.3 is 5.32 Å². The Kier molecular flexibility index (Phi) is 3.00. The maximum absolute atomic E-state index is 12.2. The second-order valence-electron chi connectivity index (χ2n) is 5.81. The first-order valence-electron chi connectivity index (χ1n) is 7.47. The van der Waals surface area contributed by atoms with E-state index in [-0.39, 0.29) is 5.91 Å². The molecule has 2 bridgehead atoms. The zero-order valence-electron chi connectivity index (χ0n) is 11.7. The lowest BCUT2D eigenvalue weighted by atomic mass is 9.87. The van der Waals surface area contributed by atoms with Crippen LogP contribution in [0.5, 0.6) is 0 Å². The van der Waals surface area contributed by atoms with Gasteiger partial charge in [-0.1, -0.05) is 23.7 Å². The van der Waals surface area contributed by atoms with E-state index in [1.54, 1.807) is 0 Å². The zero-order chi connectivity index (χ0) is 14.4. The Balaban J connectivity index is 2.12. The van der Waals surface area contributed by atoms with Crippen LogP contribution in [-0.4, -0.2) is 12.5 Å². The topological polar surface area (TPSA) is 29.1 Å². The maximum Gasteiger partial charge on any atom is 0.252 e. The van der Waals surface area contributed by atoms with Crippen LogP contribution in [0.1, 0.15) is 36.0 Å². The molecular formula is C18H16ClNO. The molecule has 2 nitrogen and oxygen atoms in total. The largest absolute Gasteiger partial charge is 0.348 e. The van der Waals surface area contributed by atoms with Crippen molar-refractivity contribution in [3.8, 4) is 0 Å². The van der Waals surface area contributed by atoms with Gasteiger partial charge in [0.05, 0.1) is 0 Å². The van der Waals surface area contributed by atoms with E-state index in [2.05, 4.69) is 17.5 Å². The monoisotopic (exact) mass is 297 g/mol.